The molecule has 1 nitrogen and oxygen atoms in total. The Morgan fingerprint density at radius 2 is 1.37 bits per heavy atom. The molecule has 1 atom stereocenters. The van der Waals surface area contributed by atoms with E-state index in [0.717, 1.165) is 12.2 Å². The number of hydrogen-bond donors (Lipinski definition) is 0. The Morgan fingerprint density at radius 1 is 0.895 bits per heavy atom. The van der Waals surface area contributed by atoms with Gasteiger partial charge in [0.25, 0.3) is 0 Å². The van der Waals surface area contributed by atoms with Gasteiger partial charge in [-0.05, 0) is 36.6 Å². The SMILES string of the molecule is CCC(C)(c1ccc(C)cc1)c1ccc(OC)cc1. The number of ether oxygens (including phenoxy) is 1. The summed E-state index contributed by atoms with van der Waals surface area (Å²) in [5, 5.41) is 0. The number of aryl methyl sites for hydroxylation is 1. The summed E-state index contributed by atoms with van der Waals surface area (Å²) >= 11 is 0. The van der Waals surface area contributed by atoms with Crippen LogP contribution in [0.3, 0.4) is 0 Å². The highest BCUT2D eigenvalue weighted by Gasteiger charge is 2.26. The Bertz CT molecular complexity index is 525. The minimum absolute atomic E-state index is 0.0555. The maximum atomic E-state index is 5.24. The number of methoxy groups -OCH3 is 1. The largest absolute Gasteiger partial charge is 0.497 e. The molecule has 0 heterocycles. The fraction of sp³-hybridized carbons (Fsp3) is 0.333. The summed E-state index contributed by atoms with van der Waals surface area (Å²) in [6.07, 6.45) is 1.07. The third-order valence-electron chi connectivity index (χ3n) is 4.12. The number of rotatable bonds is 4. The maximum absolute atomic E-state index is 5.24. The molecule has 1 heteroatoms. The molecule has 100 valence electrons. The summed E-state index contributed by atoms with van der Waals surface area (Å²) in [6.45, 7) is 6.67. The third kappa shape index (κ3) is 2.65. The lowest BCUT2D eigenvalue weighted by atomic mass is 9.74. The molecule has 0 aliphatic heterocycles. The van der Waals surface area contributed by atoms with Crippen molar-refractivity contribution in [3.63, 3.8) is 0 Å². The van der Waals surface area contributed by atoms with E-state index in [2.05, 4.69) is 57.2 Å². The second kappa shape index (κ2) is 5.48. The molecule has 19 heavy (non-hydrogen) atoms. The Morgan fingerprint density at radius 3 is 1.79 bits per heavy atom. The molecule has 2 aromatic carbocycles. The zero-order valence-corrected chi connectivity index (χ0v) is 12.2. The maximum Gasteiger partial charge on any atom is 0.118 e. The van der Waals surface area contributed by atoms with E-state index in [4.69, 9.17) is 4.74 Å². The van der Waals surface area contributed by atoms with Gasteiger partial charge in [-0.2, -0.15) is 0 Å². The van der Waals surface area contributed by atoms with Crippen LogP contribution >= 0.6 is 0 Å². The molecule has 0 fully saturated rings. The Labute approximate surface area is 116 Å². The molecular weight excluding hydrogens is 232 g/mol. The minimum atomic E-state index is 0.0555. The Kier molecular flexibility index (Phi) is 3.94. The molecule has 0 saturated heterocycles. The lowest BCUT2D eigenvalue weighted by Gasteiger charge is -2.30. The Balaban J connectivity index is 2.43. The van der Waals surface area contributed by atoms with Gasteiger partial charge >= 0.3 is 0 Å². The van der Waals surface area contributed by atoms with Gasteiger partial charge < -0.3 is 4.74 Å². The summed E-state index contributed by atoms with van der Waals surface area (Å²) in [7, 11) is 1.70. The minimum Gasteiger partial charge on any atom is -0.497 e. The topological polar surface area (TPSA) is 9.23 Å². The van der Waals surface area contributed by atoms with Gasteiger partial charge in [0, 0.05) is 5.41 Å². The summed E-state index contributed by atoms with van der Waals surface area (Å²) in [5.74, 6) is 0.908. The predicted octanol–water partition coefficient (Wildman–Crippen LogP) is 4.72. The third-order valence-corrected chi connectivity index (χ3v) is 4.12. The van der Waals surface area contributed by atoms with E-state index in [9.17, 15) is 0 Å². The lowest BCUT2D eigenvalue weighted by molar-refractivity contribution is 0.414. The van der Waals surface area contributed by atoms with Crippen molar-refractivity contribution in [2.75, 3.05) is 7.11 Å². The number of benzene rings is 2. The van der Waals surface area contributed by atoms with Gasteiger partial charge in [-0.25, -0.2) is 0 Å². The van der Waals surface area contributed by atoms with E-state index in [1.807, 2.05) is 12.1 Å². The van der Waals surface area contributed by atoms with Crippen molar-refractivity contribution < 1.29 is 4.74 Å². The highest BCUT2D eigenvalue weighted by atomic mass is 16.5. The van der Waals surface area contributed by atoms with Gasteiger partial charge in [-0.15, -0.1) is 0 Å². The van der Waals surface area contributed by atoms with Crippen molar-refractivity contribution in [1.82, 2.24) is 0 Å². The monoisotopic (exact) mass is 254 g/mol. The number of hydrogen-bond acceptors (Lipinski definition) is 1. The smallest absolute Gasteiger partial charge is 0.118 e. The van der Waals surface area contributed by atoms with Gasteiger partial charge in [0.15, 0.2) is 0 Å². The second-order valence-corrected chi connectivity index (χ2v) is 5.28. The first-order valence-corrected chi connectivity index (χ1v) is 6.82. The normalized spacial score (nSPS) is 13.9. The molecule has 0 spiro atoms. The molecule has 0 aliphatic rings. The van der Waals surface area contributed by atoms with E-state index in [1.165, 1.54) is 16.7 Å². The van der Waals surface area contributed by atoms with Crippen molar-refractivity contribution in [3.8, 4) is 5.75 Å². The quantitative estimate of drug-likeness (QED) is 0.767. The summed E-state index contributed by atoms with van der Waals surface area (Å²) in [4.78, 5) is 0. The molecule has 0 aromatic heterocycles. The first-order valence-electron chi connectivity index (χ1n) is 6.82. The van der Waals surface area contributed by atoms with Gasteiger partial charge in [0.2, 0.25) is 0 Å². The van der Waals surface area contributed by atoms with Crippen molar-refractivity contribution in [2.45, 2.75) is 32.6 Å². The first-order chi connectivity index (χ1) is 9.10. The molecule has 0 bridgehead atoms. The van der Waals surface area contributed by atoms with Crippen LogP contribution in [0.5, 0.6) is 5.75 Å². The van der Waals surface area contributed by atoms with Crippen molar-refractivity contribution in [3.05, 3.63) is 65.2 Å². The van der Waals surface area contributed by atoms with E-state index in [-0.39, 0.29) is 5.41 Å². The molecule has 2 aromatic rings. The summed E-state index contributed by atoms with van der Waals surface area (Å²) < 4.78 is 5.24. The molecule has 0 radical (unpaired) electrons. The summed E-state index contributed by atoms with van der Waals surface area (Å²) in [5.41, 5.74) is 4.06. The van der Waals surface area contributed by atoms with Crippen LogP contribution in [0.25, 0.3) is 0 Å². The average Bonchev–Trinajstić information content (AvgIpc) is 2.47. The highest BCUT2D eigenvalue weighted by molar-refractivity contribution is 5.41. The van der Waals surface area contributed by atoms with Crippen LogP contribution in [0, 0.1) is 6.92 Å². The average molecular weight is 254 g/mol. The second-order valence-electron chi connectivity index (χ2n) is 5.28. The molecule has 0 N–H and O–H groups in total. The van der Waals surface area contributed by atoms with E-state index >= 15 is 0 Å². The van der Waals surface area contributed by atoms with Gasteiger partial charge in [-0.1, -0.05) is 55.8 Å². The van der Waals surface area contributed by atoms with Crippen molar-refractivity contribution >= 4 is 0 Å². The lowest BCUT2D eigenvalue weighted by Crippen LogP contribution is -2.22. The molecule has 1 unspecified atom stereocenters. The van der Waals surface area contributed by atoms with E-state index in [1.54, 1.807) is 7.11 Å². The van der Waals surface area contributed by atoms with Gasteiger partial charge in [-0.3, -0.25) is 0 Å². The van der Waals surface area contributed by atoms with Crippen molar-refractivity contribution in [2.24, 2.45) is 0 Å². The van der Waals surface area contributed by atoms with Gasteiger partial charge in [0.05, 0.1) is 7.11 Å². The van der Waals surface area contributed by atoms with Crippen LogP contribution in [0.2, 0.25) is 0 Å². The van der Waals surface area contributed by atoms with Crippen molar-refractivity contribution in [1.29, 1.82) is 0 Å². The van der Waals surface area contributed by atoms with Crippen LogP contribution < -0.4 is 4.74 Å². The van der Waals surface area contributed by atoms with Gasteiger partial charge in [0.1, 0.15) is 5.75 Å². The molecule has 0 saturated carbocycles. The predicted molar refractivity (Wildman–Crippen MR) is 80.9 cm³/mol. The highest BCUT2D eigenvalue weighted by Crippen LogP contribution is 2.35. The van der Waals surface area contributed by atoms with Crippen LogP contribution in [0.4, 0.5) is 0 Å². The zero-order chi connectivity index (χ0) is 13.9. The zero-order valence-electron chi connectivity index (χ0n) is 12.2. The standard InChI is InChI=1S/C18H22O/c1-5-18(3,15-8-6-14(2)7-9-15)16-10-12-17(19-4)13-11-16/h6-13H,5H2,1-4H3. The molecule has 0 aliphatic carbocycles. The summed E-state index contributed by atoms with van der Waals surface area (Å²) in [6, 6.07) is 17.3. The Hall–Kier alpha value is -1.76. The van der Waals surface area contributed by atoms with Crippen LogP contribution in [0.15, 0.2) is 48.5 Å². The van der Waals surface area contributed by atoms with E-state index < -0.39 is 0 Å². The fourth-order valence-corrected chi connectivity index (χ4v) is 2.46. The first kappa shape index (κ1) is 13.7. The molecule has 2 rings (SSSR count). The van der Waals surface area contributed by atoms with Crippen LogP contribution in [-0.2, 0) is 5.41 Å². The van der Waals surface area contributed by atoms with Crippen LogP contribution in [0.1, 0.15) is 37.0 Å². The fourth-order valence-electron chi connectivity index (χ4n) is 2.46. The molecular formula is C18H22O. The molecule has 0 amide bonds. The van der Waals surface area contributed by atoms with Crippen LogP contribution in [-0.4, -0.2) is 7.11 Å². The van der Waals surface area contributed by atoms with E-state index in [0.29, 0.717) is 0 Å².